The van der Waals surface area contributed by atoms with Crippen LogP contribution in [0.1, 0.15) is 31.9 Å². The number of nitrogens with one attached hydrogen (secondary N) is 1. The van der Waals surface area contributed by atoms with Gasteiger partial charge in [-0.15, -0.1) is 0 Å². The highest BCUT2D eigenvalue weighted by Gasteiger charge is 2.09. The molecule has 0 aliphatic heterocycles. The number of aliphatic hydroxyl groups is 1. The number of rotatable bonds is 3. The van der Waals surface area contributed by atoms with Gasteiger partial charge in [-0.05, 0) is 38.5 Å². The van der Waals surface area contributed by atoms with E-state index in [0.29, 0.717) is 5.56 Å². The highest BCUT2D eigenvalue weighted by Crippen LogP contribution is 2.18. The Morgan fingerprint density at radius 2 is 1.93 bits per heavy atom. The summed E-state index contributed by atoms with van der Waals surface area (Å²) in [6.07, 6.45) is 0. The zero-order chi connectivity index (χ0) is 11.5. The normalized spacial score (nSPS) is 11.7. The molecule has 0 aliphatic rings. The molecule has 0 saturated heterocycles. The van der Waals surface area contributed by atoms with Crippen molar-refractivity contribution < 1.29 is 10.2 Å². The third-order valence-electron chi connectivity index (χ3n) is 2.14. The number of benzene rings is 1. The van der Waals surface area contributed by atoms with Gasteiger partial charge in [0.2, 0.25) is 0 Å². The Bertz CT molecular complexity index is 329. The van der Waals surface area contributed by atoms with Crippen molar-refractivity contribution in [1.82, 2.24) is 5.32 Å². The summed E-state index contributed by atoms with van der Waals surface area (Å²) in [6, 6.07) is 5.28. The van der Waals surface area contributed by atoms with E-state index < -0.39 is 0 Å². The molecule has 3 N–H and O–H groups in total. The van der Waals surface area contributed by atoms with E-state index in [-0.39, 0.29) is 17.9 Å². The first-order chi connectivity index (χ1) is 6.92. The Kier molecular flexibility index (Phi) is 3.72. The molecule has 0 bridgehead atoms. The molecule has 1 aromatic carbocycles. The van der Waals surface area contributed by atoms with Crippen molar-refractivity contribution in [1.29, 1.82) is 0 Å². The van der Waals surface area contributed by atoms with Crippen molar-refractivity contribution in [3.8, 4) is 5.75 Å². The van der Waals surface area contributed by atoms with Crippen LogP contribution < -0.4 is 5.32 Å². The third kappa shape index (κ3) is 3.90. The second-order valence-corrected chi connectivity index (χ2v) is 4.72. The lowest BCUT2D eigenvalue weighted by molar-refractivity contribution is 0.275. The van der Waals surface area contributed by atoms with E-state index in [1.165, 1.54) is 0 Å². The first-order valence-electron chi connectivity index (χ1n) is 5.09. The fraction of sp³-hybridized carbons (Fsp3) is 0.500. The smallest absolute Gasteiger partial charge is 0.121 e. The lowest BCUT2D eigenvalue weighted by Crippen LogP contribution is -2.35. The molecule has 3 heteroatoms. The standard InChI is InChI=1S/C12H19NO2/c1-12(2,3)13-7-9-4-5-11(15)10(6-9)8-14/h4-6,13-15H,7-8H2,1-3H3. The Labute approximate surface area is 90.8 Å². The number of phenols is 1. The Morgan fingerprint density at radius 3 is 2.47 bits per heavy atom. The predicted molar refractivity (Wildman–Crippen MR) is 60.6 cm³/mol. The van der Waals surface area contributed by atoms with E-state index in [9.17, 15) is 5.11 Å². The van der Waals surface area contributed by atoms with Crippen LogP contribution in [0.3, 0.4) is 0 Å². The second kappa shape index (κ2) is 4.64. The molecule has 0 fully saturated rings. The van der Waals surface area contributed by atoms with E-state index in [1.807, 2.05) is 12.1 Å². The van der Waals surface area contributed by atoms with Crippen LogP contribution in [0.4, 0.5) is 0 Å². The average Bonchev–Trinajstić information content (AvgIpc) is 2.15. The Morgan fingerprint density at radius 1 is 1.27 bits per heavy atom. The van der Waals surface area contributed by atoms with Crippen LogP contribution in [0.25, 0.3) is 0 Å². The largest absolute Gasteiger partial charge is 0.508 e. The Hall–Kier alpha value is -1.06. The molecule has 0 aliphatic carbocycles. The lowest BCUT2D eigenvalue weighted by Gasteiger charge is -2.20. The molecule has 0 saturated carbocycles. The molecule has 1 aromatic rings. The molecule has 0 spiro atoms. The summed E-state index contributed by atoms with van der Waals surface area (Å²) < 4.78 is 0. The quantitative estimate of drug-likeness (QED) is 0.711. The molecular formula is C12H19NO2. The molecular weight excluding hydrogens is 190 g/mol. The van der Waals surface area contributed by atoms with Crippen molar-refractivity contribution >= 4 is 0 Å². The van der Waals surface area contributed by atoms with Gasteiger partial charge in [0, 0.05) is 17.6 Å². The summed E-state index contributed by atoms with van der Waals surface area (Å²) in [5.74, 6) is 0.150. The van der Waals surface area contributed by atoms with Crippen LogP contribution in [0.15, 0.2) is 18.2 Å². The van der Waals surface area contributed by atoms with E-state index in [4.69, 9.17) is 5.11 Å². The first kappa shape index (κ1) is 12.0. The molecule has 0 amide bonds. The fourth-order valence-electron chi connectivity index (χ4n) is 1.24. The van der Waals surface area contributed by atoms with Crippen LogP contribution in [0, 0.1) is 0 Å². The van der Waals surface area contributed by atoms with E-state index in [1.54, 1.807) is 6.07 Å². The molecule has 0 heterocycles. The Balaban J connectivity index is 2.70. The van der Waals surface area contributed by atoms with Gasteiger partial charge in [0.15, 0.2) is 0 Å². The summed E-state index contributed by atoms with van der Waals surface area (Å²) in [5.41, 5.74) is 1.70. The van der Waals surface area contributed by atoms with Gasteiger partial charge in [-0.2, -0.15) is 0 Å². The topological polar surface area (TPSA) is 52.5 Å². The average molecular weight is 209 g/mol. The van der Waals surface area contributed by atoms with Crippen LogP contribution in [-0.2, 0) is 13.2 Å². The van der Waals surface area contributed by atoms with Crippen molar-refractivity contribution in [3.05, 3.63) is 29.3 Å². The van der Waals surface area contributed by atoms with Crippen molar-refractivity contribution in [2.45, 2.75) is 39.5 Å². The zero-order valence-corrected chi connectivity index (χ0v) is 9.54. The van der Waals surface area contributed by atoms with Crippen LogP contribution >= 0.6 is 0 Å². The van der Waals surface area contributed by atoms with Gasteiger partial charge in [-0.3, -0.25) is 0 Å². The molecule has 0 unspecified atom stereocenters. The maximum Gasteiger partial charge on any atom is 0.121 e. The minimum atomic E-state index is -0.130. The van der Waals surface area contributed by atoms with Crippen molar-refractivity contribution in [2.24, 2.45) is 0 Å². The maximum atomic E-state index is 9.38. The number of aliphatic hydroxyl groups excluding tert-OH is 1. The van der Waals surface area contributed by atoms with Gasteiger partial charge < -0.3 is 15.5 Å². The van der Waals surface area contributed by atoms with E-state index in [0.717, 1.165) is 12.1 Å². The summed E-state index contributed by atoms with van der Waals surface area (Å²) in [7, 11) is 0. The summed E-state index contributed by atoms with van der Waals surface area (Å²) in [6.45, 7) is 6.90. The summed E-state index contributed by atoms with van der Waals surface area (Å²) in [5, 5.41) is 21.7. The van der Waals surface area contributed by atoms with Gasteiger partial charge in [-0.1, -0.05) is 6.07 Å². The van der Waals surface area contributed by atoms with Crippen LogP contribution in [-0.4, -0.2) is 15.8 Å². The minimum Gasteiger partial charge on any atom is -0.508 e. The number of hydrogen-bond donors (Lipinski definition) is 3. The van der Waals surface area contributed by atoms with Gasteiger partial charge in [0.05, 0.1) is 6.61 Å². The lowest BCUT2D eigenvalue weighted by atomic mass is 10.1. The maximum absolute atomic E-state index is 9.38. The molecule has 1 rings (SSSR count). The van der Waals surface area contributed by atoms with E-state index >= 15 is 0 Å². The first-order valence-corrected chi connectivity index (χ1v) is 5.09. The van der Waals surface area contributed by atoms with Crippen LogP contribution in [0.2, 0.25) is 0 Å². The van der Waals surface area contributed by atoms with Gasteiger partial charge >= 0.3 is 0 Å². The molecule has 0 atom stereocenters. The van der Waals surface area contributed by atoms with Gasteiger partial charge in [0.1, 0.15) is 5.75 Å². The molecule has 0 radical (unpaired) electrons. The molecule has 0 aromatic heterocycles. The zero-order valence-electron chi connectivity index (χ0n) is 9.54. The summed E-state index contributed by atoms with van der Waals surface area (Å²) >= 11 is 0. The highest BCUT2D eigenvalue weighted by molar-refractivity contribution is 5.35. The fourth-order valence-corrected chi connectivity index (χ4v) is 1.24. The molecule has 15 heavy (non-hydrogen) atoms. The monoisotopic (exact) mass is 209 g/mol. The molecule has 84 valence electrons. The van der Waals surface area contributed by atoms with Crippen molar-refractivity contribution in [3.63, 3.8) is 0 Å². The predicted octanol–water partition coefficient (Wildman–Crippen LogP) is 1.77. The van der Waals surface area contributed by atoms with Crippen molar-refractivity contribution in [2.75, 3.05) is 0 Å². The minimum absolute atomic E-state index is 0.0667. The van der Waals surface area contributed by atoms with Gasteiger partial charge in [0.25, 0.3) is 0 Å². The molecule has 3 nitrogen and oxygen atoms in total. The number of hydrogen-bond acceptors (Lipinski definition) is 3. The number of aromatic hydroxyl groups is 1. The van der Waals surface area contributed by atoms with Gasteiger partial charge in [-0.25, -0.2) is 0 Å². The second-order valence-electron chi connectivity index (χ2n) is 4.72. The highest BCUT2D eigenvalue weighted by atomic mass is 16.3. The summed E-state index contributed by atoms with van der Waals surface area (Å²) in [4.78, 5) is 0. The van der Waals surface area contributed by atoms with Crippen LogP contribution in [0.5, 0.6) is 5.75 Å². The van der Waals surface area contributed by atoms with E-state index in [2.05, 4.69) is 26.1 Å². The third-order valence-corrected chi connectivity index (χ3v) is 2.14. The SMILES string of the molecule is CC(C)(C)NCc1ccc(O)c(CO)c1.